The number of hydrogen-bond donors (Lipinski definition) is 0. The molecule has 2 aromatic rings. The van der Waals surface area contributed by atoms with Gasteiger partial charge in [0.05, 0.1) is 5.69 Å². The van der Waals surface area contributed by atoms with Crippen molar-refractivity contribution in [2.45, 2.75) is 5.92 Å². The molecule has 0 aliphatic heterocycles. The van der Waals surface area contributed by atoms with Gasteiger partial charge in [0, 0.05) is 24.5 Å². The van der Waals surface area contributed by atoms with Crippen molar-refractivity contribution >= 4 is 0 Å². The average molecular weight is 196 g/mol. The summed E-state index contributed by atoms with van der Waals surface area (Å²) in [6.45, 7) is 3.85. The Labute approximate surface area is 89.3 Å². The molecule has 0 fully saturated rings. The Hall–Kier alpha value is -1.96. The minimum atomic E-state index is 0.147. The van der Waals surface area contributed by atoms with Gasteiger partial charge >= 0.3 is 0 Å². The molecule has 0 saturated heterocycles. The maximum atomic E-state index is 4.33. The fraction of sp³-hybridized carbons (Fsp3) is 0.0769. The lowest BCUT2D eigenvalue weighted by Gasteiger charge is -2.11. The molecule has 2 heteroatoms. The summed E-state index contributed by atoms with van der Waals surface area (Å²) in [6, 6.07) is 9.88. The van der Waals surface area contributed by atoms with E-state index in [4.69, 9.17) is 0 Å². The SMILES string of the molecule is C=CC(c1ccncc1)c1ccccn1. The third-order valence-corrected chi connectivity index (χ3v) is 2.31. The van der Waals surface area contributed by atoms with Gasteiger partial charge in [-0.25, -0.2) is 0 Å². The fourth-order valence-electron chi connectivity index (χ4n) is 1.56. The van der Waals surface area contributed by atoms with Crippen LogP contribution >= 0.6 is 0 Å². The van der Waals surface area contributed by atoms with Crippen molar-refractivity contribution in [1.29, 1.82) is 0 Å². The molecule has 0 amide bonds. The van der Waals surface area contributed by atoms with Gasteiger partial charge in [0.1, 0.15) is 0 Å². The summed E-state index contributed by atoms with van der Waals surface area (Å²) in [5.41, 5.74) is 2.18. The second-order valence-corrected chi connectivity index (χ2v) is 3.25. The van der Waals surface area contributed by atoms with E-state index in [1.165, 1.54) is 5.56 Å². The van der Waals surface area contributed by atoms with E-state index >= 15 is 0 Å². The first-order valence-electron chi connectivity index (χ1n) is 4.85. The van der Waals surface area contributed by atoms with E-state index < -0.39 is 0 Å². The van der Waals surface area contributed by atoms with Crippen molar-refractivity contribution < 1.29 is 0 Å². The second kappa shape index (κ2) is 4.51. The first-order chi connectivity index (χ1) is 7.42. The Morgan fingerprint density at radius 1 is 1.07 bits per heavy atom. The molecule has 0 spiro atoms. The van der Waals surface area contributed by atoms with E-state index in [1.54, 1.807) is 18.6 Å². The lowest BCUT2D eigenvalue weighted by molar-refractivity contribution is 0.952. The standard InChI is InChI=1S/C13H12N2/c1-2-12(11-6-9-14-10-7-11)13-5-3-4-8-15-13/h2-10,12H,1H2. The molecule has 0 aromatic carbocycles. The number of nitrogens with zero attached hydrogens (tertiary/aromatic N) is 2. The van der Waals surface area contributed by atoms with Crippen LogP contribution in [0.5, 0.6) is 0 Å². The summed E-state index contributed by atoms with van der Waals surface area (Å²) in [7, 11) is 0. The summed E-state index contributed by atoms with van der Waals surface area (Å²) in [4.78, 5) is 8.34. The van der Waals surface area contributed by atoms with Crippen LogP contribution in [-0.2, 0) is 0 Å². The normalized spacial score (nSPS) is 12.0. The highest BCUT2D eigenvalue weighted by atomic mass is 14.7. The van der Waals surface area contributed by atoms with Crippen LogP contribution in [0.1, 0.15) is 17.2 Å². The molecule has 0 bridgehead atoms. The van der Waals surface area contributed by atoms with Gasteiger partial charge in [-0.1, -0.05) is 12.1 Å². The van der Waals surface area contributed by atoms with Gasteiger partial charge in [0.15, 0.2) is 0 Å². The summed E-state index contributed by atoms with van der Waals surface area (Å²) >= 11 is 0. The van der Waals surface area contributed by atoms with Crippen molar-refractivity contribution in [3.05, 3.63) is 72.8 Å². The highest BCUT2D eigenvalue weighted by molar-refractivity contribution is 5.30. The van der Waals surface area contributed by atoms with Crippen molar-refractivity contribution in [2.75, 3.05) is 0 Å². The van der Waals surface area contributed by atoms with Crippen LogP contribution in [0.4, 0.5) is 0 Å². The van der Waals surface area contributed by atoms with E-state index in [9.17, 15) is 0 Å². The van der Waals surface area contributed by atoms with Crippen LogP contribution in [0.25, 0.3) is 0 Å². The van der Waals surface area contributed by atoms with Gasteiger partial charge in [-0.05, 0) is 29.8 Å². The summed E-state index contributed by atoms with van der Waals surface area (Å²) in [5, 5.41) is 0. The quantitative estimate of drug-likeness (QED) is 0.705. The first-order valence-corrected chi connectivity index (χ1v) is 4.85. The lowest BCUT2D eigenvalue weighted by atomic mass is 9.96. The highest BCUT2D eigenvalue weighted by Gasteiger charge is 2.10. The molecule has 0 N–H and O–H groups in total. The molecule has 15 heavy (non-hydrogen) atoms. The monoisotopic (exact) mass is 196 g/mol. The molecule has 2 nitrogen and oxygen atoms in total. The molecule has 0 radical (unpaired) electrons. The molecule has 2 aromatic heterocycles. The van der Waals surface area contributed by atoms with Gasteiger partial charge in [-0.3, -0.25) is 9.97 Å². The van der Waals surface area contributed by atoms with Crippen LogP contribution in [0, 0.1) is 0 Å². The van der Waals surface area contributed by atoms with Gasteiger partial charge < -0.3 is 0 Å². The molecular weight excluding hydrogens is 184 g/mol. The predicted molar refractivity (Wildman–Crippen MR) is 60.5 cm³/mol. The van der Waals surface area contributed by atoms with Crippen LogP contribution in [-0.4, -0.2) is 9.97 Å². The Morgan fingerprint density at radius 3 is 2.47 bits per heavy atom. The lowest BCUT2D eigenvalue weighted by Crippen LogP contribution is -1.99. The molecular formula is C13H12N2. The summed E-state index contributed by atoms with van der Waals surface area (Å²) in [6.07, 6.45) is 7.27. The smallest absolute Gasteiger partial charge is 0.0516 e. The van der Waals surface area contributed by atoms with Crippen LogP contribution in [0.3, 0.4) is 0 Å². The van der Waals surface area contributed by atoms with E-state index in [2.05, 4.69) is 16.5 Å². The van der Waals surface area contributed by atoms with Crippen molar-refractivity contribution in [3.8, 4) is 0 Å². The fourth-order valence-corrected chi connectivity index (χ4v) is 1.56. The van der Waals surface area contributed by atoms with Crippen molar-refractivity contribution in [2.24, 2.45) is 0 Å². The summed E-state index contributed by atoms with van der Waals surface area (Å²) in [5.74, 6) is 0.147. The molecule has 0 aliphatic carbocycles. The molecule has 1 atom stereocenters. The summed E-state index contributed by atoms with van der Waals surface area (Å²) < 4.78 is 0. The number of pyridine rings is 2. The van der Waals surface area contributed by atoms with Crippen LogP contribution in [0.2, 0.25) is 0 Å². The number of allylic oxidation sites excluding steroid dienone is 1. The zero-order chi connectivity index (χ0) is 10.5. The minimum Gasteiger partial charge on any atom is -0.265 e. The van der Waals surface area contributed by atoms with E-state index in [0.717, 1.165) is 5.69 Å². The Balaban J connectivity index is 2.38. The maximum absolute atomic E-state index is 4.33. The topological polar surface area (TPSA) is 25.8 Å². The van der Waals surface area contributed by atoms with Crippen LogP contribution < -0.4 is 0 Å². The number of rotatable bonds is 3. The van der Waals surface area contributed by atoms with Gasteiger partial charge in [0.2, 0.25) is 0 Å². The molecule has 2 heterocycles. The first kappa shape index (κ1) is 9.59. The molecule has 1 unspecified atom stereocenters. The van der Waals surface area contributed by atoms with Crippen molar-refractivity contribution in [3.63, 3.8) is 0 Å². The molecule has 0 aliphatic rings. The van der Waals surface area contributed by atoms with E-state index in [-0.39, 0.29) is 5.92 Å². The molecule has 2 rings (SSSR count). The Kier molecular flexibility index (Phi) is 2.88. The molecule has 74 valence electrons. The Bertz CT molecular complexity index is 383. The third kappa shape index (κ3) is 2.10. The van der Waals surface area contributed by atoms with Crippen molar-refractivity contribution in [1.82, 2.24) is 9.97 Å². The van der Waals surface area contributed by atoms with E-state index in [1.807, 2.05) is 36.4 Å². The largest absolute Gasteiger partial charge is 0.265 e. The van der Waals surface area contributed by atoms with E-state index in [0.29, 0.717) is 0 Å². The zero-order valence-electron chi connectivity index (χ0n) is 8.38. The second-order valence-electron chi connectivity index (χ2n) is 3.25. The predicted octanol–water partition coefficient (Wildman–Crippen LogP) is 2.79. The average Bonchev–Trinajstić information content (AvgIpc) is 2.33. The van der Waals surface area contributed by atoms with Crippen LogP contribution in [0.15, 0.2) is 61.6 Å². The Morgan fingerprint density at radius 2 is 1.87 bits per heavy atom. The third-order valence-electron chi connectivity index (χ3n) is 2.31. The maximum Gasteiger partial charge on any atom is 0.0516 e. The van der Waals surface area contributed by atoms with Gasteiger partial charge in [-0.15, -0.1) is 6.58 Å². The van der Waals surface area contributed by atoms with Gasteiger partial charge in [-0.2, -0.15) is 0 Å². The zero-order valence-corrected chi connectivity index (χ0v) is 8.38. The number of hydrogen-bond acceptors (Lipinski definition) is 2. The van der Waals surface area contributed by atoms with Gasteiger partial charge in [0.25, 0.3) is 0 Å². The highest BCUT2D eigenvalue weighted by Crippen LogP contribution is 2.22. The molecule has 0 saturated carbocycles. The minimum absolute atomic E-state index is 0.147. The number of aromatic nitrogens is 2.